The van der Waals surface area contributed by atoms with Crippen molar-refractivity contribution in [3.05, 3.63) is 60.3 Å². The third-order valence-corrected chi connectivity index (χ3v) is 3.23. The maximum Gasteiger partial charge on any atom is 0.341 e. The van der Waals surface area contributed by atoms with E-state index in [-0.39, 0.29) is 11.9 Å². The summed E-state index contributed by atoms with van der Waals surface area (Å²) in [4.78, 5) is 16.3. The van der Waals surface area contributed by atoms with Gasteiger partial charge in [0, 0.05) is 0 Å². The van der Waals surface area contributed by atoms with E-state index >= 15 is 0 Å². The van der Waals surface area contributed by atoms with E-state index < -0.39 is 6.04 Å². The molecule has 0 N–H and O–H groups in total. The van der Waals surface area contributed by atoms with E-state index in [1.165, 1.54) is 0 Å². The molecular weight excluding hydrogens is 226 g/mol. The van der Waals surface area contributed by atoms with Gasteiger partial charge in [-0.05, 0) is 17.6 Å². The van der Waals surface area contributed by atoms with Gasteiger partial charge >= 0.3 is 5.97 Å². The van der Waals surface area contributed by atoms with Crippen molar-refractivity contribution in [2.24, 2.45) is 10.9 Å². The largest absolute Gasteiger partial charge is 0.409 e. The summed E-state index contributed by atoms with van der Waals surface area (Å²) >= 11 is 0. The van der Waals surface area contributed by atoms with E-state index in [9.17, 15) is 4.79 Å². The topological polar surface area (TPSA) is 38.7 Å². The molecule has 2 aliphatic carbocycles. The highest BCUT2D eigenvalue weighted by atomic mass is 16.6. The molecule has 0 saturated carbocycles. The first-order chi connectivity index (χ1) is 8.75. The van der Waals surface area contributed by atoms with Crippen LogP contribution < -0.4 is 0 Å². The van der Waals surface area contributed by atoms with Gasteiger partial charge in [-0.15, -0.1) is 0 Å². The van der Waals surface area contributed by atoms with Crippen LogP contribution in [0.2, 0.25) is 0 Å². The molecule has 0 aromatic carbocycles. The molecule has 0 aromatic rings. The number of carbonyl (C=O) groups is 1. The molecule has 2 unspecified atom stereocenters. The summed E-state index contributed by atoms with van der Waals surface area (Å²) < 4.78 is 5.29. The first-order valence-corrected chi connectivity index (χ1v) is 5.94. The highest BCUT2D eigenvalue weighted by Gasteiger charge is 2.35. The molecule has 0 saturated heterocycles. The molecule has 0 amide bonds. The standard InChI is InChI=1S/C15H13NO2/c1-10-6-2-5-9-12(10)14-16-13(15(17)18-14)11-7-3-4-8-11/h2-7,9,12-13H,1,8H2. The number of cyclic esters (lactones) is 1. The van der Waals surface area contributed by atoms with Crippen LogP contribution in [0, 0.1) is 5.92 Å². The number of hydrogen-bond donors (Lipinski definition) is 0. The number of aliphatic imine (C=N–C) groups is 1. The van der Waals surface area contributed by atoms with Gasteiger partial charge < -0.3 is 4.74 Å². The Morgan fingerprint density at radius 1 is 1.33 bits per heavy atom. The molecule has 0 bridgehead atoms. The Morgan fingerprint density at radius 3 is 2.94 bits per heavy atom. The van der Waals surface area contributed by atoms with Gasteiger partial charge in [-0.3, -0.25) is 0 Å². The molecule has 1 heterocycles. The molecule has 3 rings (SSSR count). The summed E-state index contributed by atoms with van der Waals surface area (Å²) in [6.07, 6.45) is 14.3. The van der Waals surface area contributed by atoms with Crippen LogP contribution in [0.1, 0.15) is 6.42 Å². The maximum atomic E-state index is 11.8. The Hall–Kier alpha value is -2.16. The fraction of sp³-hybridized carbons (Fsp3) is 0.200. The van der Waals surface area contributed by atoms with Crippen molar-refractivity contribution in [3.8, 4) is 0 Å². The summed E-state index contributed by atoms with van der Waals surface area (Å²) in [5.41, 5.74) is 1.89. The van der Waals surface area contributed by atoms with Gasteiger partial charge in [-0.2, -0.15) is 0 Å². The molecule has 1 aliphatic heterocycles. The molecule has 0 radical (unpaired) electrons. The summed E-state index contributed by atoms with van der Waals surface area (Å²) in [6.45, 7) is 3.95. The number of esters is 1. The van der Waals surface area contributed by atoms with Crippen molar-refractivity contribution in [2.75, 3.05) is 0 Å². The lowest BCUT2D eigenvalue weighted by atomic mass is 9.96. The molecule has 18 heavy (non-hydrogen) atoms. The molecule has 90 valence electrons. The molecule has 3 heteroatoms. The second kappa shape index (κ2) is 4.26. The predicted octanol–water partition coefficient (Wildman–Crippen LogP) is 2.50. The van der Waals surface area contributed by atoms with E-state index in [1.54, 1.807) is 0 Å². The van der Waals surface area contributed by atoms with E-state index in [4.69, 9.17) is 4.74 Å². The normalized spacial score (nSPS) is 29.6. The number of nitrogens with zero attached hydrogens (tertiary/aromatic N) is 1. The van der Waals surface area contributed by atoms with Crippen molar-refractivity contribution in [1.82, 2.24) is 0 Å². The number of rotatable bonds is 2. The van der Waals surface area contributed by atoms with Gasteiger partial charge in [0.25, 0.3) is 0 Å². The Kier molecular flexibility index (Phi) is 2.59. The lowest BCUT2D eigenvalue weighted by molar-refractivity contribution is -0.134. The molecule has 0 spiro atoms. The Labute approximate surface area is 106 Å². The average Bonchev–Trinajstić information content (AvgIpc) is 2.98. The van der Waals surface area contributed by atoms with Crippen molar-refractivity contribution in [1.29, 1.82) is 0 Å². The highest BCUT2D eigenvalue weighted by molar-refractivity contribution is 6.02. The fourth-order valence-electron chi connectivity index (χ4n) is 2.23. The minimum absolute atomic E-state index is 0.112. The lowest BCUT2D eigenvalue weighted by Crippen LogP contribution is -2.19. The van der Waals surface area contributed by atoms with E-state index in [0.29, 0.717) is 5.90 Å². The second-order valence-corrected chi connectivity index (χ2v) is 4.46. The zero-order valence-electron chi connectivity index (χ0n) is 9.87. The van der Waals surface area contributed by atoms with Gasteiger partial charge in [0.15, 0.2) is 6.04 Å². The molecule has 3 aliphatic rings. The Morgan fingerprint density at radius 2 is 2.22 bits per heavy atom. The maximum absolute atomic E-state index is 11.8. The Balaban J connectivity index is 1.84. The minimum atomic E-state index is -0.470. The zero-order valence-corrected chi connectivity index (χ0v) is 9.87. The molecule has 2 atom stereocenters. The number of ether oxygens (including phenoxy) is 1. The van der Waals surface area contributed by atoms with Crippen molar-refractivity contribution < 1.29 is 9.53 Å². The van der Waals surface area contributed by atoms with Crippen LogP contribution in [0.3, 0.4) is 0 Å². The van der Waals surface area contributed by atoms with Crippen LogP contribution in [0.25, 0.3) is 0 Å². The third kappa shape index (κ3) is 1.78. The lowest BCUT2D eigenvalue weighted by Gasteiger charge is -2.13. The molecule has 0 fully saturated rings. The number of carbonyl (C=O) groups excluding carboxylic acids is 1. The van der Waals surface area contributed by atoms with Crippen LogP contribution >= 0.6 is 0 Å². The molecule has 0 aromatic heterocycles. The van der Waals surface area contributed by atoms with Crippen molar-refractivity contribution in [3.63, 3.8) is 0 Å². The van der Waals surface area contributed by atoms with Crippen LogP contribution in [0.5, 0.6) is 0 Å². The van der Waals surface area contributed by atoms with E-state index in [1.807, 2.05) is 42.5 Å². The molecular formula is C15H13NO2. The molecule has 3 nitrogen and oxygen atoms in total. The van der Waals surface area contributed by atoms with Crippen LogP contribution in [0.15, 0.2) is 65.2 Å². The number of hydrogen-bond acceptors (Lipinski definition) is 3. The monoisotopic (exact) mass is 239 g/mol. The average molecular weight is 239 g/mol. The summed E-state index contributed by atoms with van der Waals surface area (Å²) in [5.74, 6) is 0.0676. The number of allylic oxidation sites excluding steroid dienone is 6. The van der Waals surface area contributed by atoms with Gasteiger partial charge in [0.1, 0.15) is 0 Å². The van der Waals surface area contributed by atoms with Crippen molar-refractivity contribution >= 4 is 11.9 Å². The highest BCUT2D eigenvalue weighted by Crippen LogP contribution is 2.28. The van der Waals surface area contributed by atoms with Gasteiger partial charge in [0.2, 0.25) is 5.90 Å². The summed E-state index contributed by atoms with van der Waals surface area (Å²) in [5, 5.41) is 0. The summed E-state index contributed by atoms with van der Waals surface area (Å²) in [7, 11) is 0. The first kappa shape index (κ1) is 11.0. The van der Waals surface area contributed by atoms with Crippen molar-refractivity contribution in [2.45, 2.75) is 12.5 Å². The van der Waals surface area contributed by atoms with Crippen LogP contribution in [0.4, 0.5) is 0 Å². The fourth-order valence-corrected chi connectivity index (χ4v) is 2.23. The van der Waals surface area contributed by atoms with Gasteiger partial charge in [0.05, 0.1) is 5.92 Å². The SMILES string of the molecule is C=C1C=CC=CC1C1=NC(C2=CC=CC2)C(=O)O1. The van der Waals surface area contributed by atoms with Crippen LogP contribution in [-0.2, 0) is 9.53 Å². The zero-order chi connectivity index (χ0) is 12.5. The van der Waals surface area contributed by atoms with Gasteiger partial charge in [-0.1, -0.05) is 49.1 Å². The van der Waals surface area contributed by atoms with E-state index in [2.05, 4.69) is 11.6 Å². The van der Waals surface area contributed by atoms with E-state index in [0.717, 1.165) is 17.6 Å². The third-order valence-electron chi connectivity index (χ3n) is 3.23. The first-order valence-electron chi connectivity index (χ1n) is 5.94. The quantitative estimate of drug-likeness (QED) is 0.694. The smallest absolute Gasteiger partial charge is 0.341 e. The van der Waals surface area contributed by atoms with Gasteiger partial charge in [-0.25, -0.2) is 9.79 Å². The second-order valence-electron chi connectivity index (χ2n) is 4.46. The predicted molar refractivity (Wildman–Crippen MR) is 70.1 cm³/mol. The Bertz CT molecular complexity index is 561. The van der Waals surface area contributed by atoms with Crippen LogP contribution in [-0.4, -0.2) is 17.9 Å². The summed E-state index contributed by atoms with van der Waals surface area (Å²) in [6, 6.07) is -0.470. The minimum Gasteiger partial charge on any atom is -0.409 e.